The second-order valence-corrected chi connectivity index (χ2v) is 5.86. The molecule has 0 saturated carbocycles. The fourth-order valence-corrected chi connectivity index (χ4v) is 2.90. The summed E-state index contributed by atoms with van der Waals surface area (Å²) in [6.45, 7) is 0.441. The van der Waals surface area contributed by atoms with Crippen LogP contribution in [0.25, 0.3) is 21.8 Å². The number of hydrogen-bond acceptors (Lipinski definition) is 2. The van der Waals surface area contributed by atoms with Crippen molar-refractivity contribution < 1.29 is 22.6 Å². The average molecular weight is 357 g/mol. The molecule has 132 valence electrons. The summed E-state index contributed by atoms with van der Waals surface area (Å²) in [4.78, 5) is 3.12. The van der Waals surface area contributed by atoms with Crippen LogP contribution in [0.5, 0.6) is 11.5 Å². The Kier molecular flexibility index (Phi) is 3.95. The van der Waals surface area contributed by atoms with Crippen LogP contribution < -0.4 is 9.47 Å². The van der Waals surface area contributed by atoms with Crippen molar-refractivity contribution in [2.45, 2.75) is 13.0 Å². The Hall–Kier alpha value is -3.15. The molecule has 0 fully saturated rings. The van der Waals surface area contributed by atoms with Crippen molar-refractivity contribution in [3.8, 4) is 11.5 Å². The van der Waals surface area contributed by atoms with Gasteiger partial charge in [-0.25, -0.2) is 0 Å². The molecule has 6 heteroatoms. The first-order valence-corrected chi connectivity index (χ1v) is 7.96. The molecule has 3 nitrogen and oxygen atoms in total. The lowest BCUT2D eigenvalue weighted by molar-refractivity contribution is -0.274. The van der Waals surface area contributed by atoms with Gasteiger partial charge in [-0.15, -0.1) is 13.2 Å². The average Bonchev–Trinajstić information content (AvgIpc) is 2.96. The SMILES string of the molecule is FC(F)(F)Oc1ccc2c(c1)[nH]c1cc(OCc3ccccc3)ccc12. The van der Waals surface area contributed by atoms with Crippen LogP contribution in [0, 0.1) is 0 Å². The molecule has 0 atom stereocenters. The Morgan fingerprint density at radius 1 is 0.769 bits per heavy atom. The molecular weight excluding hydrogens is 343 g/mol. The minimum Gasteiger partial charge on any atom is -0.489 e. The number of H-pyrrole nitrogens is 1. The van der Waals surface area contributed by atoms with Crippen molar-refractivity contribution in [2.24, 2.45) is 0 Å². The van der Waals surface area contributed by atoms with Gasteiger partial charge in [-0.05, 0) is 29.8 Å². The van der Waals surface area contributed by atoms with Crippen molar-refractivity contribution in [3.63, 3.8) is 0 Å². The van der Waals surface area contributed by atoms with Crippen LogP contribution in [0.4, 0.5) is 13.2 Å². The summed E-state index contributed by atoms with van der Waals surface area (Å²) >= 11 is 0. The minimum atomic E-state index is -4.71. The molecule has 0 amide bonds. The van der Waals surface area contributed by atoms with Crippen molar-refractivity contribution in [1.82, 2.24) is 4.98 Å². The Bertz CT molecular complexity index is 1060. The van der Waals surface area contributed by atoms with E-state index < -0.39 is 6.36 Å². The van der Waals surface area contributed by atoms with E-state index in [9.17, 15) is 13.2 Å². The number of aromatic amines is 1. The van der Waals surface area contributed by atoms with Crippen LogP contribution in [0.2, 0.25) is 0 Å². The molecule has 0 radical (unpaired) electrons. The van der Waals surface area contributed by atoms with Gasteiger partial charge in [0.25, 0.3) is 0 Å². The van der Waals surface area contributed by atoms with Gasteiger partial charge in [0.05, 0.1) is 11.0 Å². The van der Waals surface area contributed by atoms with Crippen molar-refractivity contribution >= 4 is 21.8 Å². The molecule has 0 spiro atoms. The molecule has 0 saturated heterocycles. The van der Waals surface area contributed by atoms with E-state index in [-0.39, 0.29) is 5.75 Å². The summed E-state index contributed by atoms with van der Waals surface area (Å²) < 4.78 is 46.9. The standard InChI is InChI=1S/C20H14F3NO2/c21-20(22,23)26-15-7-9-17-16-8-6-14(10-18(16)24-19(17)11-15)25-12-13-4-2-1-3-5-13/h1-11,24H,12H2. The third-order valence-corrected chi connectivity index (χ3v) is 4.02. The molecular formula is C20H14F3NO2. The van der Waals surface area contributed by atoms with Crippen molar-refractivity contribution in [1.29, 1.82) is 0 Å². The smallest absolute Gasteiger partial charge is 0.489 e. The third-order valence-electron chi connectivity index (χ3n) is 4.02. The van der Waals surface area contributed by atoms with Gasteiger partial charge in [-0.2, -0.15) is 0 Å². The van der Waals surface area contributed by atoms with E-state index in [1.807, 2.05) is 48.5 Å². The Balaban J connectivity index is 1.62. The zero-order chi connectivity index (χ0) is 18.1. The number of fused-ring (bicyclic) bond motifs is 3. The van der Waals surface area contributed by atoms with Crippen LogP contribution in [0.1, 0.15) is 5.56 Å². The third kappa shape index (κ3) is 3.44. The minimum absolute atomic E-state index is 0.253. The van der Waals surface area contributed by atoms with E-state index in [0.717, 1.165) is 21.9 Å². The number of alkyl halides is 3. The molecule has 0 aliphatic heterocycles. The molecule has 0 aliphatic rings. The van der Waals surface area contributed by atoms with Gasteiger partial charge in [-0.1, -0.05) is 30.3 Å². The quantitative estimate of drug-likeness (QED) is 0.501. The van der Waals surface area contributed by atoms with E-state index in [0.29, 0.717) is 17.9 Å². The molecule has 1 N–H and O–H groups in total. The number of rotatable bonds is 4. The van der Waals surface area contributed by atoms with Crippen LogP contribution in [-0.4, -0.2) is 11.3 Å². The molecule has 1 heterocycles. The van der Waals surface area contributed by atoms with E-state index >= 15 is 0 Å². The molecule has 3 aromatic carbocycles. The maximum absolute atomic E-state index is 12.4. The van der Waals surface area contributed by atoms with Gasteiger partial charge >= 0.3 is 6.36 Å². The fourth-order valence-electron chi connectivity index (χ4n) is 2.90. The number of hydrogen-bond donors (Lipinski definition) is 1. The highest BCUT2D eigenvalue weighted by Crippen LogP contribution is 2.32. The predicted octanol–water partition coefficient (Wildman–Crippen LogP) is 5.80. The van der Waals surface area contributed by atoms with Crippen LogP contribution in [-0.2, 0) is 6.61 Å². The van der Waals surface area contributed by atoms with E-state index in [4.69, 9.17) is 4.74 Å². The van der Waals surface area contributed by atoms with Gasteiger partial charge in [0.1, 0.15) is 18.1 Å². The molecule has 0 unspecified atom stereocenters. The van der Waals surface area contributed by atoms with E-state index in [2.05, 4.69) is 9.72 Å². The van der Waals surface area contributed by atoms with Gasteiger partial charge in [-0.3, -0.25) is 0 Å². The summed E-state index contributed by atoms with van der Waals surface area (Å²) in [6.07, 6.45) is -4.71. The van der Waals surface area contributed by atoms with Crippen molar-refractivity contribution in [3.05, 3.63) is 72.3 Å². The summed E-state index contributed by atoms with van der Waals surface area (Å²) in [7, 11) is 0. The number of ether oxygens (including phenoxy) is 2. The van der Waals surface area contributed by atoms with Gasteiger partial charge in [0, 0.05) is 22.9 Å². The molecule has 1 aromatic heterocycles. The predicted molar refractivity (Wildman–Crippen MR) is 93.3 cm³/mol. The highest BCUT2D eigenvalue weighted by Gasteiger charge is 2.31. The summed E-state index contributed by atoms with van der Waals surface area (Å²) in [5.74, 6) is 0.428. The molecule has 26 heavy (non-hydrogen) atoms. The number of halogens is 3. The maximum Gasteiger partial charge on any atom is 0.573 e. The lowest BCUT2D eigenvalue weighted by atomic mass is 10.1. The van der Waals surface area contributed by atoms with E-state index in [1.165, 1.54) is 12.1 Å². The van der Waals surface area contributed by atoms with E-state index in [1.54, 1.807) is 6.07 Å². The fraction of sp³-hybridized carbons (Fsp3) is 0.100. The van der Waals surface area contributed by atoms with Gasteiger partial charge in [0.15, 0.2) is 0 Å². The first kappa shape index (κ1) is 16.3. The Labute approximate surface area is 147 Å². The highest BCUT2D eigenvalue weighted by atomic mass is 19.4. The molecule has 4 aromatic rings. The second kappa shape index (κ2) is 6.29. The zero-order valence-corrected chi connectivity index (χ0v) is 13.5. The lowest BCUT2D eigenvalue weighted by Crippen LogP contribution is -2.16. The Morgan fingerprint density at radius 3 is 2.04 bits per heavy atom. The number of benzene rings is 3. The summed E-state index contributed by atoms with van der Waals surface area (Å²) in [6, 6.07) is 19.6. The summed E-state index contributed by atoms with van der Waals surface area (Å²) in [5.41, 5.74) is 2.41. The second-order valence-electron chi connectivity index (χ2n) is 5.86. The van der Waals surface area contributed by atoms with Crippen LogP contribution in [0.3, 0.4) is 0 Å². The van der Waals surface area contributed by atoms with Crippen LogP contribution >= 0.6 is 0 Å². The Morgan fingerprint density at radius 2 is 1.38 bits per heavy atom. The topological polar surface area (TPSA) is 34.2 Å². The van der Waals surface area contributed by atoms with Gasteiger partial charge in [0.2, 0.25) is 0 Å². The lowest BCUT2D eigenvalue weighted by Gasteiger charge is -2.08. The molecule has 0 aliphatic carbocycles. The van der Waals surface area contributed by atoms with Gasteiger partial charge < -0.3 is 14.5 Å². The first-order valence-electron chi connectivity index (χ1n) is 7.96. The molecule has 4 rings (SSSR count). The normalized spacial score (nSPS) is 11.8. The number of aromatic nitrogens is 1. The van der Waals surface area contributed by atoms with Crippen LogP contribution in [0.15, 0.2) is 66.7 Å². The summed E-state index contributed by atoms with van der Waals surface area (Å²) in [5, 5.41) is 1.73. The largest absolute Gasteiger partial charge is 0.573 e. The zero-order valence-electron chi connectivity index (χ0n) is 13.5. The number of nitrogens with one attached hydrogen (secondary N) is 1. The first-order chi connectivity index (χ1) is 12.5. The van der Waals surface area contributed by atoms with Crippen molar-refractivity contribution in [2.75, 3.05) is 0 Å². The maximum atomic E-state index is 12.4. The monoisotopic (exact) mass is 357 g/mol. The highest BCUT2D eigenvalue weighted by molar-refractivity contribution is 6.07. The molecule has 0 bridgehead atoms.